The van der Waals surface area contributed by atoms with E-state index in [0.717, 1.165) is 0 Å². The molecular weight excluding hydrogens is 728 g/mol. The SMILES string of the molecule is CCC1OC(=O)[C@H](C)C(O[C@H]2C[C@@](C)(OC)[C@@H](O)[C@H](C)O2)[C@H](C)[C@@H](O[C@@H]2O[C@H](C)C[C@H](N(C)C)[C@H]2O)[C@](C)(O)C[C@@H](C)[C@H](NCCCOC)[C@H](C)[C@@H](O)[C@]1(C)O. The summed E-state index contributed by atoms with van der Waals surface area (Å²) in [4.78, 5) is 16.2. The molecule has 19 atom stereocenters. The Morgan fingerprint density at radius 2 is 1.55 bits per heavy atom. The molecule has 15 heteroatoms. The zero-order valence-corrected chi connectivity index (χ0v) is 36.6. The predicted octanol–water partition coefficient (Wildman–Crippen LogP) is 2.21. The van der Waals surface area contributed by atoms with Crippen molar-refractivity contribution in [1.29, 1.82) is 0 Å². The number of aliphatic hydroxyl groups is 5. The van der Waals surface area contributed by atoms with E-state index in [4.69, 9.17) is 33.2 Å². The van der Waals surface area contributed by atoms with E-state index in [2.05, 4.69) is 5.32 Å². The van der Waals surface area contributed by atoms with E-state index >= 15 is 0 Å². The number of hydrogen-bond donors (Lipinski definition) is 6. The molecular formula is C41H78N2O13. The highest BCUT2D eigenvalue weighted by Crippen LogP contribution is 2.41. The second-order valence-corrected chi connectivity index (χ2v) is 18.0. The Balaban J connectivity index is 2.21. The van der Waals surface area contributed by atoms with E-state index in [-0.39, 0.29) is 37.3 Å². The highest BCUT2D eigenvalue weighted by atomic mass is 16.7. The van der Waals surface area contributed by atoms with E-state index in [0.29, 0.717) is 26.0 Å². The number of carbonyl (C=O) groups is 1. The maximum Gasteiger partial charge on any atom is 0.311 e. The van der Waals surface area contributed by atoms with Crippen LogP contribution >= 0.6 is 0 Å². The summed E-state index contributed by atoms with van der Waals surface area (Å²) in [6.07, 6.45) is -7.88. The van der Waals surface area contributed by atoms with Gasteiger partial charge in [-0.05, 0) is 93.8 Å². The molecule has 0 spiro atoms. The van der Waals surface area contributed by atoms with E-state index in [1.54, 1.807) is 41.7 Å². The Labute approximate surface area is 336 Å². The van der Waals surface area contributed by atoms with Gasteiger partial charge in [-0.2, -0.15) is 0 Å². The summed E-state index contributed by atoms with van der Waals surface area (Å²) in [5, 5.41) is 62.8. The van der Waals surface area contributed by atoms with Crippen LogP contribution in [0.4, 0.5) is 0 Å². The van der Waals surface area contributed by atoms with Gasteiger partial charge in [0, 0.05) is 51.2 Å². The molecule has 3 rings (SSSR count). The van der Waals surface area contributed by atoms with Gasteiger partial charge < -0.3 is 68.9 Å². The number of esters is 1. The first-order valence-corrected chi connectivity index (χ1v) is 20.7. The Hall–Kier alpha value is -1.05. The standard InChI is InChI=1S/C41H78N2O13/c1-15-29-41(10,49)34(45)24(4)31(42-17-16-18-50-13)22(2)20-39(8,48)36(56-38-32(44)28(43(11)12)19-23(3)52-38)25(5)33(26(6)37(47)54-29)55-30-21-40(9,51-14)35(46)27(7)53-30/h22-36,38,42,44-46,48-49H,15-21H2,1-14H3/t22-,23-,24+,25+,26-,27+,28+,29?,30+,31+,32-,33?,34-,35+,36-,38+,39-,40-,41-/m1/s1. The first-order chi connectivity index (χ1) is 26.0. The van der Waals surface area contributed by atoms with Crippen LogP contribution in [0.25, 0.3) is 0 Å². The van der Waals surface area contributed by atoms with Crippen molar-refractivity contribution in [3.63, 3.8) is 0 Å². The monoisotopic (exact) mass is 807 g/mol. The van der Waals surface area contributed by atoms with Gasteiger partial charge in [-0.3, -0.25) is 4.79 Å². The van der Waals surface area contributed by atoms with Crippen LogP contribution in [0.15, 0.2) is 0 Å². The number of aliphatic hydroxyl groups excluding tert-OH is 3. The Kier molecular flexibility index (Phi) is 18.0. The fraction of sp³-hybridized carbons (Fsp3) is 0.976. The highest BCUT2D eigenvalue weighted by Gasteiger charge is 2.53. The van der Waals surface area contributed by atoms with Gasteiger partial charge >= 0.3 is 5.97 Å². The number of cyclic esters (lactones) is 1. The fourth-order valence-corrected chi connectivity index (χ4v) is 9.48. The number of ether oxygens (including phenoxy) is 7. The zero-order valence-electron chi connectivity index (χ0n) is 36.6. The Morgan fingerprint density at radius 1 is 0.911 bits per heavy atom. The molecule has 56 heavy (non-hydrogen) atoms. The lowest BCUT2D eigenvalue weighted by Gasteiger charge is -2.49. The van der Waals surface area contributed by atoms with Crippen molar-refractivity contribution < 1.29 is 63.5 Å². The van der Waals surface area contributed by atoms with Crippen molar-refractivity contribution in [2.24, 2.45) is 23.7 Å². The topological polar surface area (TPSA) is 198 Å². The third-order valence-corrected chi connectivity index (χ3v) is 13.0. The van der Waals surface area contributed by atoms with Crippen molar-refractivity contribution in [2.45, 2.75) is 192 Å². The van der Waals surface area contributed by atoms with Crippen LogP contribution in [-0.2, 0) is 38.0 Å². The van der Waals surface area contributed by atoms with E-state index in [1.165, 1.54) is 14.0 Å². The molecule has 0 aromatic carbocycles. The predicted molar refractivity (Wildman–Crippen MR) is 210 cm³/mol. The lowest BCUT2D eigenvalue weighted by Crippen LogP contribution is -2.62. The molecule has 0 aromatic rings. The van der Waals surface area contributed by atoms with Crippen molar-refractivity contribution in [1.82, 2.24) is 10.2 Å². The molecule has 0 bridgehead atoms. The number of rotatable bonds is 12. The molecule has 0 saturated carbocycles. The molecule has 330 valence electrons. The maximum atomic E-state index is 14.3. The summed E-state index contributed by atoms with van der Waals surface area (Å²) in [5.41, 5.74) is -4.52. The number of methoxy groups -OCH3 is 2. The van der Waals surface area contributed by atoms with Crippen LogP contribution in [0.3, 0.4) is 0 Å². The quantitative estimate of drug-likeness (QED) is 0.124. The van der Waals surface area contributed by atoms with Crippen LogP contribution in [-0.4, -0.2) is 168 Å². The van der Waals surface area contributed by atoms with Gasteiger partial charge in [-0.25, -0.2) is 0 Å². The normalized spacial score (nSPS) is 47.7. The Bertz CT molecular complexity index is 1210. The molecule has 15 nitrogen and oxygen atoms in total. The lowest BCUT2D eigenvalue weighted by atomic mass is 9.72. The first-order valence-electron chi connectivity index (χ1n) is 20.7. The average molecular weight is 807 g/mol. The van der Waals surface area contributed by atoms with Crippen LogP contribution in [0.5, 0.6) is 0 Å². The van der Waals surface area contributed by atoms with Crippen LogP contribution < -0.4 is 5.32 Å². The number of hydrogen-bond acceptors (Lipinski definition) is 15. The zero-order chi connectivity index (χ0) is 42.5. The third-order valence-electron chi connectivity index (χ3n) is 13.0. The fourth-order valence-electron chi connectivity index (χ4n) is 9.48. The van der Waals surface area contributed by atoms with E-state index < -0.39 is 102 Å². The smallest absolute Gasteiger partial charge is 0.311 e. The summed E-state index contributed by atoms with van der Waals surface area (Å²) in [5.74, 6) is -3.37. The molecule has 3 aliphatic rings. The first kappa shape index (κ1) is 49.3. The van der Waals surface area contributed by atoms with Gasteiger partial charge in [0.2, 0.25) is 0 Å². The molecule has 3 heterocycles. The number of nitrogens with one attached hydrogen (secondary N) is 1. The molecule has 0 amide bonds. The molecule has 2 unspecified atom stereocenters. The largest absolute Gasteiger partial charge is 0.459 e. The third kappa shape index (κ3) is 11.4. The van der Waals surface area contributed by atoms with Crippen molar-refractivity contribution in [3.05, 3.63) is 0 Å². The van der Waals surface area contributed by atoms with E-state index in [9.17, 15) is 30.3 Å². The number of carbonyl (C=O) groups excluding carboxylic acids is 1. The lowest BCUT2D eigenvalue weighted by molar-refractivity contribution is -0.318. The molecule has 0 aliphatic carbocycles. The summed E-state index contributed by atoms with van der Waals surface area (Å²) < 4.78 is 43.1. The average Bonchev–Trinajstić information content (AvgIpc) is 3.12. The summed E-state index contributed by atoms with van der Waals surface area (Å²) in [6, 6.07) is -0.720. The van der Waals surface area contributed by atoms with Gasteiger partial charge in [-0.1, -0.05) is 27.7 Å². The van der Waals surface area contributed by atoms with Gasteiger partial charge in [-0.15, -0.1) is 0 Å². The second kappa shape index (κ2) is 20.5. The summed E-state index contributed by atoms with van der Waals surface area (Å²) in [6.45, 7) is 18.7. The van der Waals surface area contributed by atoms with Crippen molar-refractivity contribution in [3.8, 4) is 0 Å². The second-order valence-electron chi connectivity index (χ2n) is 18.0. The molecule has 6 N–H and O–H groups in total. The maximum absolute atomic E-state index is 14.3. The van der Waals surface area contributed by atoms with Gasteiger partial charge in [0.25, 0.3) is 0 Å². The minimum atomic E-state index is -1.84. The minimum Gasteiger partial charge on any atom is -0.459 e. The van der Waals surface area contributed by atoms with Crippen LogP contribution in [0.2, 0.25) is 0 Å². The molecule has 3 fully saturated rings. The van der Waals surface area contributed by atoms with Crippen molar-refractivity contribution in [2.75, 3.05) is 41.5 Å². The minimum absolute atomic E-state index is 0.123. The van der Waals surface area contributed by atoms with Crippen molar-refractivity contribution >= 4 is 5.97 Å². The van der Waals surface area contributed by atoms with E-state index in [1.807, 2.05) is 46.7 Å². The van der Waals surface area contributed by atoms with Gasteiger partial charge in [0.05, 0.1) is 47.6 Å². The van der Waals surface area contributed by atoms with Crippen LogP contribution in [0.1, 0.15) is 101 Å². The number of nitrogens with zero attached hydrogens (tertiary/aromatic N) is 1. The van der Waals surface area contributed by atoms with Gasteiger partial charge in [0.1, 0.15) is 23.9 Å². The Morgan fingerprint density at radius 3 is 2.12 bits per heavy atom. The molecule has 0 radical (unpaired) electrons. The highest BCUT2D eigenvalue weighted by molar-refractivity contribution is 5.73. The van der Waals surface area contributed by atoms with Gasteiger partial charge in [0.15, 0.2) is 12.6 Å². The van der Waals surface area contributed by atoms with Crippen LogP contribution in [0, 0.1) is 23.7 Å². The number of likely N-dealkylation sites (N-methyl/N-ethyl adjacent to an activating group) is 1. The summed E-state index contributed by atoms with van der Waals surface area (Å²) >= 11 is 0. The molecule has 3 aliphatic heterocycles. The summed E-state index contributed by atoms with van der Waals surface area (Å²) in [7, 11) is 6.90. The molecule has 3 saturated heterocycles. The molecule has 0 aromatic heterocycles.